The zero-order chi connectivity index (χ0) is 15.7. The van der Waals surface area contributed by atoms with Crippen LogP contribution < -0.4 is 10.5 Å². The minimum absolute atomic E-state index is 0.0667. The second-order valence-electron chi connectivity index (χ2n) is 5.89. The monoisotopic (exact) mass is 374 g/mol. The Morgan fingerprint density at radius 3 is 2.57 bits per heavy atom. The molecule has 0 aliphatic heterocycles. The van der Waals surface area contributed by atoms with Crippen molar-refractivity contribution >= 4 is 31.9 Å². The van der Waals surface area contributed by atoms with Gasteiger partial charge in [-0.1, -0.05) is 19.8 Å². The normalized spacial score (nSPS) is 17.7. The number of hydrogen-bond donors (Lipinski definition) is 2. The Kier molecular flexibility index (Phi) is 4.75. The summed E-state index contributed by atoms with van der Waals surface area (Å²) in [4.78, 5) is 12.2. The van der Waals surface area contributed by atoms with Crippen LogP contribution in [0.5, 0.6) is 0 Å². The van der Waals surface area contributed by atoms with Crippen LogP contribution in [0.25, 0.3) is 0 Å². The van der Waals surface area contributed by atoms with Gasteiger partial charge >= 0.3 is 0 Å². The summed E-state index contributed by atoms with van der Waals surface area (Å²) in [5, 5.41) is 7.99. The fourth-order valence-corrected chi connectivity index (χ4v) is 3.62. The molecule has 1 aromatic carbocycles. The highest BCUT2D eigenvalue weighted by atomic mass is 79.9. The first kappa shape index (κ1) is 16.5. The zero-order valence-electron chi connectivity index (χ0n) is 11.9. The number of primary sulfonamides is 1. The molecule has 0 saturated heterocycles. The Hall–Kier alpha value is -0.920. The van der Waals surface area contributed by atoms with E-state index in [1.54, 1.807) is 0 Å². The van der Waals surface area contributed by atoms with Crippen LogP contribution in [0.15, 0.2) is 27.6 Å². The van der Waals surface area contributed by atoms with Gasteiger partial charge in [0.15, 0.2) is 0 Å². The van der Waals surface area contributed by atoms with Crippen molar-refractivity contribution < 1.29 is 13.2 Å². The summed E-state index contributed by atoms with van der Waals surface area (Å²) in [6.45, 7) is 2.76. The third-order valence-corrected chi connectivity index (χ3v) is 5.60. The van der Waals surface area contributed by atoms with E-state index in [4.69, 9.17) is 5.14 Å². The first-order chi connectivity index (χ1) is 9.71. The predicted molar refractivity (Wildman–Crippen MR) is 84.4 cm³/mol. The molecule has 1 saturated carbocycles. The average Bonchev–Trinajstić information content (AvgIpc) is 2.83. The Morgan fingerprint density at radius 2 is 2.00 bits per heavy atom. The number of halogens is 1. The van der Waals surface area contributed by atoms with Crippen molar-refractivity contribution in [2.24, 2.45) is 10.6 Å². The second-order valence-corrected chi connectivity index (χ2v) is 8.30. The quantitative estimate of drug-likeness (QED) is 0.847. The third-order valence-electron chi connectivity index (χ3n) is 4.00. The molecule has 0 aromatic heterocycles. The molecule has 1 amide bonds. The molecule has 1 aromatic rings. The van der Waals surface area contributed by atoms with Crippen molar-refractivity contribution in [2.75, 3.05) is 6.54 Å². The van der Waals surface area contributed by atoms with Crippen molar-refractivity contribution in [1.29, 1.82) is 0 Å². The van der Waals surface area contributed by atoms with Gasteiger partial charge in [0, 0.05) is 11.0 Å². The lowest BCUT2D eigenvalue weighted by Gasteiger charge is -2.23. The Balaban J connectivity index is 2.15. The third kappa shape index (κ3) is 4.05. The molecule has 0 atom stereocenters. The maximum Gasteiger partial charge on any atom is 0.252 e. The molecule has 21 heavy (non-hydrogen) atoms. The predicted octanol–water partition coefficient (Wildman–Crippen LogP) is 2.41. The van der Waals surface area contributed by atoms with E-state index in [2.05, 4.69) is 28.2 Å². The summed E-state index contributed by atoms with van der Waals surface area (Å²) in [5.74, 6) is -0.291. The molecule has 0 unspecified atom stereocenters. The molecule has 7 heteroatoms. The Morgan fingerprint density at radius 1 is 1.38 bits per heavy atom. The van der Waals surface area contributed by atoms with Crippen LogP contribution in [0, 0.1) is 5.41 Å². The van der Waals surface area contributed by atoms with Crippen molar-refractivity contribution in [3.8, 4) is 0 Å². The van der Waals surface area contributed by atoms with E-state index in [-0.39, 0.29) is 21.8 Å². The molecule has 3 N–H and O–H groups in total. The van der Waals surface area contributed by atoms with E-state index in [0.717, 1.165) is 12.8 Å². The molecule has 0 spiro atoms. The maximum atomic E-state index is 12.3. The van der Waals surface area contributed by atoms with Gasteiger partial charge in [0.2, 0.25) is 10.0 Å². The Labute approximate surface area is 133 Å². The van der Waals surface area contributed by atoms with Gasteiger partial charge in [-0.25, -0.2) is 13.6 Å². The fourth-order valence-electron chi connectivity index (χ4n) is 2.65. The SMILES string of the molecule is CC1(CNC(=O)c2cc(S(N)(=O)=O)ccc2Br)CCCC1. The summed E-state index contributed by atoms with van der Waals surface area (Å²) < 4.78 is 23.3. The number of nitrogens with two attached hydrogens (primary N) is 1. The highest BCUT2D eigenvalue weighted by molar-refractivity contribution is 9.10. The first-order valence-corrected chi connectivity index (χ1v) is 9.16. The highest BCUT2D eigenvalue weighted by Gasteiger charge is 2.29. The number of nitrogens with one attached hydrogen (secondary N) is 1. The topological polar surface area (TPSA) is 89.3 Å². The maximum absolute atomic E-state index is 12.3. The van der Waals surface area contributed by atoms with Gasteiger partial charge < -0.3 is 5.32 Å². The molecular formula is C14H19BrN2O3S. The summed E-state index contributed by atoms with van der Waals surface area (Å²) >= 11 is 3.27. The lowest BCUT2D eigenvalue weighted by atomic mass is 9.89. The highest BCUT2D eigenvalue weighted by Crippen LogP contribution is 2.36. The molecule has 1 aliphatic rings. The number of amides is 1. The van der Waals surface area contributed by atoms with E-state index in [1.807, 2.05) is 0 Å². The summed E-state index contributed by atoms with van der Waals surface area (Å²) in [7, 11) is -3.82. The molecule has 1 aliphatic carbocycles. The Bertz CT molecular complexity index is 652. The van der Waals surface area contributed by atoms with E-state index >= 15 is 0 Å². The number of carbonyl (C=O) groups excluding carboxylic acids is 1. The standard InChI is InChI=1S/C14H19BrN2O3S/c1-14(6-2-3-7-14)9-17-13(18)11-8-10(21(16,19)20)4-5-12(11)15/h4-5,8H,2-3,6-7,9H2,1H3,(H,17,18)(H2,16,19,20). The minimum atomic E-state index is -3.82. The number of hydrogen-bond acceptors (Lipinski definition) is 3. The molecule has 0 radical (unpaired) electrons. The number of rotatable bonds is 4. The molecule has 0 bridgehead atoms. The minimum Gasteiger partial charge on any atom is -0.351 e. The van der Waals surface area contributed by atoms with Gasteiger partial charge in [-0.05, 0) is 52.4 Å². The summed E-state index contributed by atoms with van der Waals surface area (Å²) in [6, 6.07) is 4.19. The van der Waals surface area contributed by atoms with Crippen molar-refractivity contribution in [2.45, 2.75) is 37.5 Å². The summed E-state index contributed by atoms with van der Waals surface area (Å²) in [5.41, 5.74) is 0.419. The van der Waals surface area contributed by atoms with Gasteiger partial charge in [-0.3, -0.25) is 4.79 Å². The molecule has 2 rings (SSSR count). The molecule has 116 valence electrons. The first-order valence-electron chi connectivity index (χ1n) is 6.82. The largest absolute Gasteiger partial charge is 0.351 e. The van der Waals surface area contributed by atoms with Crippen LogP contribution >= 0.6 is 15.9 Å². The van der Waals surface area contributed by atoms with Crippen LogP contribution in [-0.4, -0.2) is 20.9 Å². The lowest BCUT2D eigenvalue weighted by Crippen LogP contribution is -2.34. The zero-order valence-corrected chi connectivity index (χ0v) is 14.3. The van der Waals surface area contributed by atoms with Crippen molar-refractivity contribution in [3.05, 3.63) is 28.2 Å². The van der Waals surface area contributed by atoms with Gasteiger partial charge in [-0.2, -0.15) is 0 Å². The fraction of sp³-hybridized carbons (Fsp3) is 0.500. The molecule has 0 heterocycles. The van der Waals surface area contributed by atoms with Gasteiger partial charge in [0.25, 0.3) is 5.91 Å². The van der Waals surface area contributed by atoms with Crippen LogP contribution in [0.4, 0.5) is 0 Å². The van der Waals surface area contributed by atoms with Crippen LogP contribution in [-0.2, 0) is 10.0 Å². The number of carbonyl (C=O) groups is 1. The van der Waals surface area contributed by atoms with E-state index in [9.17, 15) is 13.2 Å². The second kappa shape index (κ2) is 6.06. The number of benzene rings is 1. The summed E-state index contributed by atoms with van der Waals surface area (Å²) in [6.07, 6.45) is 4.59. The smallest absolute Gasteiger partial charge is 0.252 e. The van der Waals surface area contributed by atoms with E-state index in [0.29, 0.717) is 11.0 Å². The van der Waals surface area contributed by atoms with Crippen LogP contribution in [0.2, 0.25) is 0 Å². The van der Waals surface area contributed by atoms with E-state index in [1.165, 1.54) is 31.0 Å². The molecule has 5 nitrogen and oxygen atoms in total. The van der Waals surface area contributed by atoms with Gasteiger partial charge in [0.05, 0.1) is 10.5 Å². The van der Waals surface area contributed by atoms with E-state index < -0.39 is 10.0 Å². The molecular weight excluding hydrogens is 356 g/mol. The average molecular weight is 375 g/mol. The van der Waals surface area contributed by atoms with Gasteiger partial charge in [0.1, 0.15) is 0 Å². The lowest BCUT2D eigenvalue weighted by molar-refractivity contribution is 0.0933. The van der Waals surface area contributed by atoms with Gasteiger partial charge in [-0.15, -0.1) is 0 Å². The number of sulfonamides is 1. The molecule has 1 fully saturated rings. The van der Waals surface area contributed by atoms with Crippen LogP contribution in [0.1, 0.15) is 43.0 Å². The van der Waals surface area contributed by atoms with Crippen molar-refractivity contribution in [1.82, 2.24) is 5.32 Å². The van der Waals surface area contributed by atoms with Crippen LogP contribution in [0.3, 0.4) is 0 Å². The van der Waals surface area contributed by atoms with Crippen molar-refractivity contribution in [3.63, 3.8) is 0 Å².